The molecule has 1 unspecified atom stereocenters. The van der Waals surface area contributed by atoms with Crippen LogP contribution < -0.4 is 4.72 Å². The fraction of sp³-hybridized carbons (Fsp3) is 0.462. The lowest BCUT2D eigenvalue weighted by atomic mass is 10.1. The topological polar surface area (TPSA) is 102 Å². The van der Waals surface area contributed by atoms with Crippen molar-refractivity contribution in [1.29, 1.82) is 0 Å². The van der Waals surface area contributed by atoms with Crippen LogP contribution in [0.2, 0.25) is 0 Å². The Kier molecular flexibility index (Phi) is 6.28. The predicted molar refractivity (Wildman–Crippen MR) is 76.0 cm³/mol. The molecule has 21 heavy (non-hydrogen) atoms. The van der Waals surface area contributed by atoms with E-state index < -0.39 is 22.1 Å². The molecule has 1 atom stereocenters. The van der Waals surface area contributed by atoms with Gasteiger partial charge in [-0.25, -0.2) is 17.9 Å². The van der Waals surface area contributed by atoms with Crippen molar-refractivity contribution in [2.24, 2.45) is 0 Å². The van der Waals surface area contributed by atoms with E-state index in [4.69, 9.17) is 14.6 Å². The second-order valence-electron chi connectivity index (χ2n) is 4.45. The standard InChI is InChI=1S/C13H19NO6S/c1-9-4-5-10(13(15)16)6-12(9)21(17,18)14-7-11(20-3)8-19-2/h4-6,11,14H,7-8H2,1-3H3,(H,15,16). The molecule has 0 saturated carbocycles. The first-order valence-electron chi connectivity index (χ1n) is 6.17. The highest BCUT2D eigenvalue weighted by atomic mass is 32.2. The number of hydrogen-bond donors (Lipinski definition) is 2. The summed E-state index contributed by atoms with van der Waals surface area (Å²) >= 11 is 0. The van der Waals surface area contributed by atoms with Crippen molar-refractivity contribution in [1.82, 2.24) is 4.72 Å². The highest BCUT2D eigenvalue weighted by molar-refractivity contribution is 7.89. The van der Waals surface area contributed by atoms with Crippen LogP contribution >= 0.6 is 0 Å². The molecule has 0 aromatic heterocycles. The van der Waals surface area contributed by atoms with Crippen molar-refractivity contribution < 1.29 is 27.8 Å². The molecule has 1 rings (SSSR count). The molecule has 0 aliphatic rings. The van der Waals surface area contributed by atoms with Gasteiger partial charge in [-0.1, -0.05) is 6.07 Å². The fourth-order valence-electron chi connectivity index (χ4n) is 1.70. The first kappa shape index (κ1) is 17.6. The van der Waals surface area contributed by atoms with Gasteiger partial charge in [0.2, 0.25) is 10.0 Å². The molecule has 2 N–H and O–H groups in total. The molecule has 0 radical (unpaired) electrons. The maximum Gasteiger partial charge on any atom is 0.335 e. The summed E-state index contributed by atoms with van der Waals surface area (Å²) in [6, 6.07) is 3.96. The van der Waals surface area contributed by atoms with E-state index in [1.807, 2.05) is 0 Å². The lowest BCUT2D eigenvalue weighted by Gasteiger charge is -2.16. The van der Waals surface area contributed by atoms with Crippen LogP contribution in [0, 0.1) is 6.92 Å². The molecular formula is C13H19NO6S. The highest BCUT2D eigenvalue weighted by Crippen LogP contribution is 2.17. The van der Waals surface area contributed by atoms with Crippen molar-refractivity contribution in [3.05, 3.63) is 29.3 Å². The number of ether oxygens (including phenoxy) is 2. The number of rotatable bonds is 8. The summed E-state index contributed by atoms with van der Waals surface area (Å²) in [6.07, 6.45) is -0.423. The smallest absolute Gasteiger partial charge is 0.335 e. The molecule has 8 heteroatoms. The number of carbonyl (C=O) groups is 1. The van der Waals surface area contributed by atoms with E-state index in [-0.39, 0.29) is 23.6 Å². The summed E-state index contributed by atoms with van der Waals surface area (Å²) < 4.78 is 36.9. The van der Waals surface area contributed by atoms with Gasteiger partial charge >= 0.3 is 5.97 Å². The zero-order valence-electron chi connectivity index (χ0n) is 12.1. The van der Waals surface area contributed by atoms with Crippen LogP contribution in [-0.4, -0.2) is 53.0 Å². The third kappa shape index (κ3) is 4.78. The average Bonchev–Trinajstić information content (AvgIpc) is 2.43. The summed E-state index contributed by atoms with van der Waals surface area (Å²) in [6.45, 7) is 1.87. The van der Waals surface area contributed by atoms with E-state index in [1.165, 1.54) is 26.4 Å². The van der Waals surface area contributed by atoms with Crippen LogP contribution in [0.1, 0.15) is 15.9 Å². The molecule has 7 nitrogen and oxygen atoms in total. The van der Waals surface area contributed by atoms with Gasteiger partial charge in [-0.15, -0.1) is 0 Å². The largest absolute Gasteiger partial charge is 0.478 e. The van der Waals surface area contributed by atoms with Crippen molar-refractivity contribution in [2.45, 2.75) is 17.9 Å². The maximum absolute atomic E-state index is 12.3. The van der Waals surface area contributed by atoms with Crippen LogP contribution in [0.4, 0.5) is 0 Å². The first-order chi connectivity index (χ1) is 9.81. The maximum atomic E-state index is 12.3. The van der Waals surface area contributed by atoms with Crippen molar-refractivity contribution in [3.63, 3.8) is 0 Å². The molecule has 0 heterocycles. The summed E-state index contributed by atoms with van der Waals surface area (Å²) in [5.74, 6) is -1.18. The van der Waals surface area contributed by atoms with Gasteiger partial charge in [0.1, 0.15) is 0 Å². The Bertz CT molecular complexity index is 599. The fourth-order valence-corrected chi connectivity index (χ4v) is 3.03. The number of nitrogens with one attached hydrogen (secondary N) is 1. The first-order valence-corrected chi connectivity index (χ1v) is 7.65. The van der Waals surface area contributed by atoms with Gasteiger partial charge in [0.25, 0.3) is 0 Å². The molecular weight excluding hydrogens is 298 g/mol. The van der Waals surface area contributed by atoms with E-state index in [9.17, 15) is 13.2 Å². The van der Waals surface area contributed by atoms with Crippen LogP contribution in [-0.2, 0) is 19.5 Å². The zero-order valence-corrected chi connectivity index (χ0v) is 12.9. The van der Waals surface area contributed by atoms with Gasteiger partial charge in [0.15, 0.2) is 0 Å². The summed E-state index contributed by atoms with van der Waals surface area (Å²) in [5.41, 5.74) is 0.384. The van der Waals surface area contributed by atoms with Crippen LogP contribution in [0.5, 0.6) is 0 Å². The van der Waals surface area contributed by atoms with E-state index in [0.29, 0.717) is 5.56 Å². The number of aryl methyl sites for hydroxylation is 1. The van der Waals surface area contributed by atoms with E-state index in [1.54, 1.807) is 6.92 Å². The lowest BCUT2D eigenvalue weighted by Crippen LogP contribution is -2.35. The minimum atomic E-state index is -3.82. The second-order valence-corrected chi connectivity index (χ2v) is 6.19. The summed E-state index contributed by atoms with van der Waals surface area (Å²) in [4.78, 5) is 10.9. The highest BCUT2D eigenvalue weighted by Gasteiger charge is 2.20. The molecule has 1 aromatic carbocycles. The number of aromatic carboxylic acids is 1. The Labute approximate surface area is 123 Å². The molecule has 0 aliphatic carbocycles. The summed E-state index contributed by atoms with van der Waals surface area (Å²) in [5, 5.41) is 8.94. The Morgan fingerprint density at radius 3 is 2.57 bits per heavy atom. The molecule has 0 spiro atoms. The Hall–Kier alpha value is -1.48. The molecule has 0 fully saturated rings. The average molecular weight is 317 g/mol. The van der Waals surface area contributed by atoms with Crippen LogP contribution in [0.15, 0.2) is 23.1 Å². The Balaban J connectivity index is 2.97. The van der Waals surface area contributed by atoms with Crippen molar-refractivity contribution >= 4 is 16.0 Å². The van der Waals surface area contributed by atoms with Gasteiger partial charge in [0, 0.05) is 20.8 Å². The SMILES string of the molecule is COCC(CNS(=O)(=O)c1cc(C(=O)O)ccc1C)OC. The van der Waals surface area contributed by atoms with Gasteiger partial charge in [0.05, 0.1) is 23.2 Å². The molecule has 0 amide bonds. The monoisotopic (exact) mass is 317 g/mol. The number of benzene rings is 1. The number of hydrogen-bond acceptors (Lipinski definition) is 5. The molecule has 1 aromatic rings. The zero-order chi connectivity index (χ0) is 16.0. The molecule has 118 valence electrons. The van der Waals surface area contributed by atoms with E-state index >= 15 is 0 Å². The van der Waals surface area contributed by atoms with Gasteiger partial charge in [-0.2, -0.15) is 0 Å². The van der Waals surface area contributed by atoms with Crippen LogP contribution in [0.25, 0.3) is 0 Å². The van der Waals surface area contributed by atoms with Gasteiger partial charge in [-0.3, -0.25) is 0 Å². The Morgan fingerprint density at radius 2 is 2.05 bits per heavy atom. The van der Waals surface area contributed by atoms with Crippen molar-refractivity contribution in [3.8, 4) is 0 Å². The molecule has 0 bridgehead atoms. The number of methoxy groups -OCH3 is 2. The minimum Gasteiger partial charge on any atom is -0.478 e. The number of sulfonamides is 1. The predicted octanol–water partition coefficient (Wildman–Crippen LogP) is 0.633. The Morgan fingerprint density at radius 1 is 1.38 bits per heavy atom. The number of carboxylic acid groups (broad SMARTS) is 1. The van der Waals surface area contributed by atoms with E-state index in [0.717, 1.165) is 6.07 Å². The normalized spacial score (nSPS) is 13.1. The summed E-state index contributed by atoms with van der Waals surface area (Å²) in [7, 11) is -0.880. The lowest BCUT2D eigenvalue weighted by molar-refractivity contribution is 0.0320. The number of carboxylic acids is 1. The molecule has 0 aliphatic heterocycles. The second kappa shape index (κ2) is 7.51. The third-order valence-electron chi connectivity index (χ3n) is 2.91. The van der Waals surface area contributed by atoms with Gasteiger partial charge < -0.3 is 14.6 Å². The molecule has 0 saturated heterocycles. The van der Waals surface area contributed by atoms with Crippen molar-refractivity contribution in [2.75, 3.05) is 27.4 Å². The van der Waals surface area contributed by atoms with E-state index in [2.05, 4.69) is 4.72 Å². The van der Waals surface area contributed by atoms with Crippen LogP contribution in [0.3, 0.4) is 0 Å². The quantitative estimate of drug-likeness (QED) is 0.729. The third-order valence-corrected chi connectivity index (χ3v) is 4.48. The van der Waals surface area contributed by atoms with Gasteiger partial charge in [-0.05, 0) is 24.6 Å². The minimum absolute atomic E-state index is 0.0312.